The normalized spacial score (nSPS) is 15.2. The monoisotopic (exact) mass is 220 g/mol. The maximum atomic E-state index is 9.86. The van der Waals surface area contributed by atoms with Crippen molar-refractivity contribution in [1.29, 1.82) is 0 Å². The van der Waals surface area contributed by atoms with Gasteiger partial charge in [-0.1, -0.05) is 42.5 Å². The largest absolute Gasteiger partial charge is 0.388 e. The molecule has 0 spiro atoms. The minimum Gasteiger partial charge on any atom is -0.388 e. The SMILES string of the molecule is CO[C@H](C)C/C=C\C[C@@H](O)c1ccccc1. The number of methoxy groups -OCH3 is 1. The van der Waals surface area contributed by atoms with Gasteiger partial charge >= 0.3 is 0 Å². The van der Waals surface area contributed by atoms with Gasteiger partial charge < -0.3 is 9.84 Å². The molecule has 2 heteroatoms. The molecule has 0 amide bonds. The fraction of sp³-hybridized carbons (Fsp3) is 0.429. The van der Waals surface area contributed by atoms with Crippen LogP contribution in [-0.2, 0) is 4.74 Å². The molecule has 0 unspecified atom stereocenters. The van der Waals surface area contributed by atoms with Crippen molar-refractivity contribution in [2.45, 2.75) is 32.0 Å². The Bertz CT molecular complexity index is 306. The molecule has 16 heavy (non-hydrogen) atoms. The van der Waals surface area contributed by atoms with Crippen LogP contribution < -0.4 is 0 Å². The minimum atomic E-state index is -0.407. The predicted octanol–water partition coefficient (Wildman–Crippen LogP) is 3.09. The summed E-state index contributed by atoms with van der Waals surface area (Å²) in [5.74, 6) is 0. The average Bonchev–Trinajstić information content (AvgIpc) is 2.35. The molecule has 0 aliphatic heterocycles. The van der Waals surface area contributed by atoms with Gasteiger partial charge in [-0.05, 0) is 25.3 Å². The van der Waals surface area contributed by atoms with Crippen molar-refractivity contribution in [3.63, 3.8) is 0 Å². The van der Waals surface area contributed by atoms with Crippen molar-refractivity contribution in [1.82, 2.24) is 0 Å². The molecule has 1 rings (SSSR count). The molecule has 0 heterocycles. The maximum absolute atomic E-state index is 9.86. The molecule has 0 saturated heterocycles. The first-order valence-corrected chi connectivity index (χ1v) is 5.65. The summed E-state index contributed by atoms with van der Waals surface area (Å²) >= 11 is 0. The summed E-state index contributed by atoms with van der Waals surface area (Å²) in [6, 6.07) is 9.71. The quantitative estimate of drug-likeness (QED) is 0.746. The Kier molecular flexibility index (Phi) is 5.83. The van der Waals surface area contributed by atoms with Crippen molar-refractivity contribution in [2.24, 2.45) is 0 Å². The highest BCUT2D eigenvalue weighted by atomic mass is 16.5. The molecule has 0 bridgehead atoms. The molecular formula is C14H20O2. The summed E-state index contributed by atoms with van der Waals surface area (Å²) in [5, 5.41) is 9.86. The van der Waals surface area contributed by atoms with Crippen LogP contribution >= 0.6 is 0 Å². The molecule has 0 fully saturated rings. The van der Waals surface area contributed by atoms with E-state index in [1.54, 1.807) is 7.11 Å². The zero-order valence-corrected chi connectivity index (χ0v) is 9.97. The van der Waals surface area contributed by atoms with E-state index in [0.717, 1.165) is 12.0 Å². The van der Waals surface area contributed by atoms with Gasteiger partial charge in [0, 0.05) is 7.11 Å². The number of hydrogen-bond acceptors (Lipinski definition) is 2. The number of aliphatic hydroxyl groups excluding tert-OH is 1. The van der Waals surface area contributed by atoms with E-state index in [4.69, 9.17) is 4.74 Å². The van der Waals surface area contributed by atoms with Crippen LogP contribution in [0, 0.1) is 0 Å². The lowest BCUT2D eigenvalue weighted by Crippen LogP contribution is -2.02. The number of rotatable bonds is 6. The first-order chi connectivity index (χ1) is 7.74. The third kappa shape index (κ3) is 4.60. The maximum Gasteiger partial charge on any atom is 0.0824 e. The Morgan fingerprint density at radius 1 is 1.19 bits per heavy atom. The van der Waals surface area contributed by atoms with E-state index in [-0.39, 0.29) is 6.10 Å². The Hall–Kier alpha value is -1.12. The van der Waals surface area contributed by atoms with E-state index < -0.39 is 6.10 Å². The lowest BCUT2D eigenvalue weighted by Gasteiger charge is -2.08. The van der Waals surface area contributed by atoms with Gasteiger partial charge in [-0.15, -0.1) is 0 Å². The third-order valence-electron chi connectivity index (χ3n) is 2.58. The smallest absolute Gasteiger partial charge is 0.0824 e. The van der Waals surface area contributed by atoms with Crippen LogP contribution in [-0.4, -0.2) is 18.3 Å². The number of benzene rings is 1. The number of aliphatic hydroxyl groups is 1. The van der Waals surface area contributed by atoms with Crippen molar-refractivity contribution in [2.75, 3.05) is 7.11 Å². The fourth-order valence-electron chi connectivity index (χ4n) is 1.42. The van der Waals surface area contributed by atoms with Gasteiger partial charge in [-0.3, -0.25) is 0 Å². The molecule has 1 aromatic carbocycles. The van der Waals surface area contributed by atoms with E-state index in [9.17, 15) is 5.11 Å². The van der Waals surface area contributed by atoms with Gasteiger partial charge in [0.25, 0.3) is 0 Å². The third-order valence-corrected chi connectivity index (χ3v) is 2.58. The first kappa shape index (κ1) is 12.9. The molecule has 88 valence electrons. The minimum absolute atomic E-state index is 0.241. The van der Waals surface area contributed by atoms with Crippen molar-refractivity contribution in [3.05, 3.63) is 48.0 Å². The van der Waals surface area contributed by atoms with Gasteiger partial charge in [-0.25, -0.2) is 0 Å². The van der Waals surface area contributed by atoms with E-state index in [2.05, 4.69) is 6.08 Å². The average molecular weight is 220 g/mol. The molecule has 0 aliphatic carbocycles. The van der Waals surface area contributed by atoms with Crippen LogP contribution in [0.3, 0.4) is 0 Å². The van der Waals surface area contributed by atoms with Gasteiger partial charge in [0.1, 0.15) is 0 Å². The summed E-state index contributed by atoms with van der Waals surface area (Å²) in [6.45, 7) is 2.03. The fourth-order valence-corrected chi connectivity index (χ4v) is 1.42. The molecule has 0 saturated carbocycles. The van der Waals surface area contributed by atoms with Crippen LogP contribution in [0.15, 0.2) is 42.5 Å². The summed E-state index contributed by atoms with van der Waals surface area (Å²) in [6.07, 6.45) is 5.44. The number of hydrogen-bond donors (Lipinski definition) is 1. The topological polar surface area (TPSA) is 29.5 Å². The highest BCUT2D eigenvalue weighted by molar-refractivity contribution is 5.17. The van der Waals surface area contributed by atoms with E-state index in [1.165, 1.54) is 0 Å². The Balaban J connectivity index is 2.33. The Morgan fingerprint density at radius 2 is 1.81 bits per heavy atom. The lowest BCUT2D eigenvalue weighted by molar-refractivity contribution is 0.121. The van der Waals surface area contributed by atoms with Crippen molar-refractivity contribution in [3.8, 4) is 0 Å². The van der Waals surface area contributed by atoms with E-state index >= 15 is 0 Å². The lowest BCUT2D eigenvalue weighted by atomic mass is 10.1. The zero-order chi connectivity index (χ0) is 11.8. The second-order valence-corrected chi connectivity index (χ2v) is 3.92. The van der Waals surface area contributed by atoms with Crippen LogP contribution in [0.1, 0.15) is 31.4 Å². The Morgan fingerprint density at radius 3 is 2.44 bits per heavy atom. The molecule has 0 radical (unpaired) electrons. The summed E-state index contributed by atoms with van der Waals surface area (Å²) in [4.78, 5) is 0. The molecule has 0 aromatic heterocycles. The van der Waals surface area contributed by atoms with Crippen LogP contribution in [0.4, 0.5) is 0 Å². The number of ether oxygens (including phenoxy) is 1. The molecule has 1 aromatic rings. The van der Waals surface area contributed by atoms with Gasteiger partial charge in [0.15, 0.2) is 0 Å². The van der Waals surface area contributed by atoms with Crippen LogP contribution in [0.2, 0.25) is 0 Å². The van der Waals surface area contributed by atoms with Crippen molar-refractivity contribution >= 4 is 0 Å². The van der Waals surface area contributed by atoms with Crippen LogP contribution in [0.25, 0.3) is 0 Å². The first-order valence-electron chi connectivity index (χ1n) is 5.65. The highest BCUT2D eigenvalue weighted by Gasteiger charge is 2.03. The van der Waals surface area contributed by atoms with Crippen LogP contribution in [0.5, 0.6) is 0 Å². The van der Waals surface area contributed by atoms with Gasteiger partial charge in [0.2, 0.25) is 0 Å². The standard InChI is InChI=1S/C14H20O2/c1-12(16-2)8-6-7-11-14(15)13-9-4-3-5-10-13/h3-7,9-10,12,14-15H,8,11H2,1-2H3/b7-6-/t12-,14-/m1/s1. The summed E-state index contributed by atoms with van der Waals surface area (Å²) < 4.78 is 5.13. The molecule has 1 N–H and O–H groups in total. The summed E-state index contributed by atoms with van der Waals surface area (Å²) in [7, 11) is 1.71. The molecular weight excluding hydrogens is 200 g/mol. The molecule has 2 atom stereocenters. The Labute approximate surface area is 97.6 Å². The van der Waals surface area contributed by atoms with E-state index in [1.807, 2.05) is 43.3 Å². The van der Waals surface area contributed by atoms with E-state index in [0.29, 0.717) is 6.42 Å². The second-order valence-electron chi connectivity index (χ2n) is 3.92. The summed E-state index contributed by atoms with van der Waals surface area (Å²) in [5.41, 5.74) is 0.965. The van der Waals surface area contributed by atoms with Gasteiger partial charge in [-0.2, -0.15) is 0 Å². The predicted molar refractivity (Wildman–Crippen MR) is 66.2 cm³/mol. The second kappa shape index (κ2) is 7.20. The van der Waals surface area contributed by atoms with Crippen molar-refractivity contribution < 1.29 is 9.84 Å². The van der Waals surface area contributed by atoms with Gasteiger partial charge in [0.05, 0.1) is 12.2 Å². The molecule has 0 aliphatic rings. The highest BCUT2D eigenvalue weighted by Crippen LogP contribution is 2.16. The zero-order valence-electron chi connectivity index (χ0n) is 9.97. The molecule has 2 nitrogen and oxygen atoms in total.